The van der Waals surface area contributed by atoms with Crippen LogP contribution in [0.25, 0.3) is 0 Å². The molecule has 2 aromatic carbocycles. The van der Waals surface area contributed by atoms with Crippen LogP contribution in [0.15, 0.2) is 53.5 Å². The van der Waals surface area contributed by atoms with Crippen LogP contribution in [0.5, 0.6) is 11.5 Å². The third-order valence-electron chi connectivity index (χ3n) is 3.09. The van der Waals surface area contributed by atoms with Crippen molar-refractivity contribution >= 4 is 18.4 Å². The molecule has 0 bridgehead atoms. The third kappa shape index (κ3) is 4.45. The molecule has 0 N–H and O–H groups in total. The largest absolute Gasteiger partial charge is 0.494 e. The second kappa shape index (κ2) is 7.98. The van der Waals surface area contributed by atoms with Gasteiger partial charge in [0, 0.05) is 0 Å². The van der Waals surface area contributed by atoms with Gasteiger partial charge in [-0.3, -0.25) is 4.99 Å². The maximum atomic E-state index is 12.0. The fourth-order valence-electron chi connectivity index (χ4n) is 1.81. The molecule has 114 valence electrons. The number of esters is 1. The first-order chi connectivity index (χ1) is 10.7. The fraction of sp³-hybridized carbons (Fsp3) is 0.222. The van der Waals surface area contributed by atoms with Gasteiger partial charge in [-0.15, -0.1) is 0 Å². The zero-order valence-corrected chi connectivity index (χ0v) is 12.6. The lowest BCUT2D eigenvalue weighted by Gasteiger charge is -2.07. The SMILES string of the molecule is C=Nc1ccc(OC(=O)c2ccc(OCCCC)cc2)cc1. The van der Waals surface area contributed by atoms with Gasteiger partial charge in [-0.05, 0) is 61.7 Å². The van der Waals surface area contributed by atoms with Gasteiger partial charge >= 0.3 is 5.97 Å². The van der Waals surface area contributed by atoms with E-state index < -0.39 is 5.97 Å². The van der Waals surface area contributed by atoms with E-state index in [0.717, 1.165) is 24.3 Å². The molecular formula is C18H19NO3. The van der Waals surface area contributed by atoms with Crippen LogP contribution in [-0.4, -0.2) is 19.3 Å². The Hall–Kier alpha value is -2.62. The van der Waals surface area contributed by atoms with Gasteiger partial charge in [0.1, 0.15) is 11.5 Å². The minimum absolute atomic E-state index is 0.403. The highest BCUT2D eigenvalue weighted by atomic mass is 16.5. The van der Waals surface area contributed by atoms with E-state index >= 15 is 0 Å². The quantitative estimate of drug-likeness (QED) is 0.329. The van der Waals surface area contributed by atoms with Crippen LogP contribution in [0.2, 0.25) is 0 Å². The Morgan fingerprint density at radius 3 is 2.27 bits per heavy atom. The highest BCUT2D eigenvalue weighted by Gasteiger charge is 2.08. The molecule has 0 unspecified atom stereocenters. The number of unbranched alkanes of at least 4 members (excludes halogenated alkanes) is 1. The zero-order chi connectivity index (χ0) is 15.8. The second-order valence-corrected chi connectivity index (χ2v) is 4.77. The zero-order valence-electron chi connectivity index (χ0n) is 12.6. The van der Waals surface area contributed by atoms with Gasteiger partial charge in [-0.2, -0.15) is 0 Å². The van der Waals surface area contributed by atoms with Gasteiger partial charge in [0.05, 0.1) is 17.9 Å². The number of benzene rings is 2. The molecule has 0 heterocycles. The average molecular weight is 297 g/mol. The lowest BCUT2D eigenvalue weighted by atomic mass is 10.2. The first-order valence-electron chi connectivity index (χ1n) is 7.24. The minimum atomic E-state index is -0.403. The molecule has 0 atom stereocenters. The molecule has 0 aliphatic carbocycles. The summed E-state index contributed by atoms with van der Waals surface area (Å²) in [5, 5.41) is 0. The predicted molar refractivity (Wildman–Crippen MR) is 87.5 cm³/mol. The summed E-state index contributed by atoms with van der Waals surface area (Å²) >= 11 is 0. The molecule has 0 radical (unpaired) electrons. The summed E-state index contributed by atoms with van der Waals surface area (Å²) in [5.41, 5.74) is 1.21. The van der Waals surface area contributed by atoms with Crippen LogP contribution in [-0.2, 0) is 0 Å². The van der Waals surface area contributed by atoms with Crippen molar-refractivity contribution in [3.63, 3.8) is 0 Å². The Morgan fingerprint density at radius 2 is 1.68 bits per heavy atom. The topological polar surface area (TPSA) is 47.9 Å². The van der Waals surface area contributed by atoms with Gasteiger partial charge in [-0.25, -0.2) is 4.79 Å². The Labute approximate surface area is 130 Å². The lowest BCUT2D eigenvalue weighted by molar-refractivity contribution is 0.0734. The van der Waals surface area contributed by atoms with Crippen molar-refractivity contribution in [2.45, 2.75) is 19.8 Å². The van der Waals surface area contributed by atoms with Gasteiger partial charge < -0.3 is 9.47 Å². The third-order valence-corrected chi connectivity index (χ3v) is 3.09. The maximum Gasteiger partial charge on any atom is 0.343 e. The molecule has 4 nitrogen and oxygen atoms in total. The summed E-state index contributed by atoms with van der Waals surface area (Å²) < 4.78 is 10.9. The summed E-state index contributed by atoms with van der Waals surface area (Å²) in [5.74, 6) is 0.825. The van der Waals surface area contributed by atoms with E-state index in [1.54, 1.807) is 48.5 Å². The lowest BCUT2D eigenvalue weighted by Crippen LogP contribution is -2.08. The first kappa shape index (κ1) is 15.8. The van der Waals surface area contributed by atoms with Crippen LogP contribution in [0.3, 0.4) is 0 Å². The van der Waals surface area contributed by atoms with Crippen LogP contribution >= 0.6 is 0 Å². The Morgan fingerprint density at radius 1 is 1.05 bits per heavy atom. The van der Waals surface area contributed by atoms with Crippen LogP contribution in [0, 0.1) is 0 Å². The second-order valence-electron chi connectivity index (χ2n) is 4.77. The molecule has 0 aliphatic heterocycles. The minimum Gasteiger partial charge on any atom is -0.494 e. The molecular weight excluding hydrogens is 278 g/mol. The molecule has 0 saturated heterocycles. The fourth-order valence-corrected chi connectivity index (χ4v) is 1.81. The van der Waals surface area contributed by atoms with Gasteiger partial charge in [-0.1, -0.05) is 13.3 Å². The van der Waals surface area contributed by atoms with Crippen molar-refractivity contribution in [2.24, 2.45) is 4.99 Å². The number of hydrogen-bond acceptors (Lipinski definition) is 4. The van der Waals surface area contributed by atoms with E-state index in [-0.39, 0.29) is 0 Å². The highest BCUT2D eigenvalue weighted by molar-refractivity contribution is 5.91. The van der Waals surface area contributed by atoms with Gasteiger partial charge in [0.2, 0.25) is 0 Å². The van der Waals surface area contributed by atoms with Crippen molar-refractivity contribution in [1.82, 2.24) is 0 Å². The number of carbonyl (C=O) groups excluding carboxylic acids is 1. The van der Waals surface area contributed by atoms with Crippen LogP contribution in [0.4, 0.5) is 5.69 Å². The molecule has 0 amide bonds. The predicted octanol–water partition coefficient (Wildman–Crippen LogP) is 4.42. The van der Waals surface area contributed by atoms with E-state index in [2.05, 4.69) is 18.6 Å². The van der Waals surface area contributed by atoms with Crippen LogP contribution in [0.1, 0.15) is 30.1 Å². The molecule has 2 rings (SSSR count). The van der Waals surface area contributed by atoms with Gasteiger partial charge in [0.15, 0.2) is 0 Å². The number of carbonyl (C=O) groups is 1. The average Bonchev–Trinajstić information content (AvgIpc) is 2.56. The van der Waals surface area contributed by atoms with E-state index in [0.29, 0.717) is 17.9 Å². The van der Waals surface area contributed by atoms with Gasteiger partial charge in [0.25, 0.3) is 0 Å². The number of nitrogens with zero attached hydrogens (tertiary/aromatic N) is 1. The smallest absolute Gasteiger partial charge is 0.343 e. The van der Waals surface area contributed by atoms with Crippen molar-refractivity contribution < 1.29 is 14.3 Å². The van der Waals surface area contributed by atoms with E-state index in [4.69, 9.17) is 9.47 Å². The van der Waals surface area contributed by atoms with E-state index in [1.165, 1.54) is 0 Å². The van der Waals surface area contributed by atoms with Crippen molar-refractivity contribution in [2.75, 3.05) is 6.61 Å². The number of ether oxygens (including phenoxy) is 2. The molecule has 0 aromatic heterocycles. The molecule has 2 aromatic rings. The highest BCUT2D eigenvalue weighted by Crippen LogP contribution is 2.19. The van der Waals surface area contributed by atoms with Crippen molar-refractivity contribution in [3.05, 3.63) is 54.1 Å². The molecule has 0 aliphatic rings. The number of aliphatic imine (C=N–C) groups is 1. The standard InChI is InChI=1S/C18H19NO3/c1-3-4-13-21-16-9-5-14(6-10-16)18(20)22-17-11-7-15(19-2)8-12-17/h5-12H,2-4,13H2,1H3. The maximum absolute atomic E-state index is 12.0. The summed E-state index contributed by atoms with van der Waals surface area (Å²) in [6.07, 6.45) is 2.10. The first-order valence-corrected chi connectivity index (χ1v) is 7.24. The summed E-state index contributed by atoms with van der Waals surface area (Å²) in [7, 11) is 0. The van der Waals surface area contributed by atoms with E-state index in [9.17, 15) is 4.79 Å². The van der Waals surface area contributed by atoms with Crippen LogP contribution < -0.4 is 9.47 Å². The van der Waals surface area contributed by atoms with Crippen molar-refractivity contribution in [3.8, 4) is 11.5 Å². The molecule has 0 spiro atoms. The Bertz CT molecular complexity index is 618. The molecule has 22 heavy (non-hydrogen) atoms. The Kier molecular flexibility index (Phi) is 5.72. The van der Waals surface area contributed by atoms with Crippen molar-refractivity contribution in [1.29, 1.82) is 0 Å². The number of rotatable bonds is 7. The number of hydrogen-bond donors (Lipinski definition) is 0. The summed E-state index contributed by atoms with van der Waals surface area (Å²) in [4.78, 5) is 15.8. The van der Waals surface area contributed by atoms with E-state index in [1.807, 2.05) is 0 Å². The molecule has 0 fully saturated rings. The summed E-state index contributed by atoms with van der Waals surface area (Å²) in [6.45, 7) is 6.23. The normalized spacial score (nSPS) is 10.0. The molecule has 0 saturated carbocycles. The Balaban J connectivity index is 1.95. The monoisotopic (exact) mass is 297 g/mol. The molecule has 4 heteroatoms. The summed E-state index contributed by atoms with van der Waals surface area (Å²) in [6, 6.07) is 13.8.